The summed E-state index contributed by atoms with van der Waals surface area (Å²) >= 11 is 0. The fourth-order valence-corrected chi connectivity index (χ4v) is 0.762. The van der Waals surface area contributed by atoms with Crippen LogP contribution in [0, 0.1) is 0 Å². The van der Waals surface area contributed by atoms with Gasteiger partial charge in [0.2, 0.25) is 0 Å². The molecule has 0 aromatic heterocycles. The molecule has 1 nitrogen and oxygen atoms in total. The summed E-state index contributed by atoms with van der Waals surface area (Å²) in [6, 6.07) is 0. The van der Waals surface area contributed by atoms with Crippen LogP contribution in [0.15, 0.2) is 23.8 Å². The lowest BCUT2D eigenvalue weighted by atomic mass is 10.2. The Labute approximate surface area is 69.8 Å². The largest absolute Gasteiger partial charge is 0.377 e. The zero-order chi connectivity index (χ0) is 8.53. The van der Waals surface area contributed by atoms with E-state index in [1.54, 1.807) is 0 Å². The van der Waals surface area contributed by atoms with Crippen molar-refractivity contribution in [2.45, 2.75) is 27.2 Å². The minimum atomic E-state index is 0.775. The average molecular weight is 154 g/mol. The molecule has 64 valence electrons. The van der Waals surface area contributed by atoms with E-state index in [1.165, 1.54) is 5.57 Å². The molecule has 1 heteroatoms. The predicted molar refractivity (Wildman–Crippen MR) is 49.7 cm³/mol. The smallest absolute Gasteiger partial charge is 0.0679 e. The fraction of sp³-hybridized carbons (Fsp3) is 0.600. The van der Waals surface area contributed by atoms with Crippen LogP contribution < -0.4 is 0 Å². The van der Waals surface area contributed by atoms with Crippen molar-refractivity contribution in [1.82, 2.24) is 0 Å². The molecule has 0 fully saturated rings. The maximum atomic E-state index is 5.28. The lowest BCUT2D eigenvalue weighted by Gasteiger charge is -2.02. The van der Waals surface area contributed by atoms with Crippen molar-refractivity contribution >= 4 is 0 Å². The van der Waals surface area contributed by atoms with Gasteiger partial charge in [-0.15, -0.1) is 0 Å². The minimum absolute atomic E-state index is 0.775. The molecule has 0 bridgehead atoms. The number of rotatable bonds is 5. The molecule has 0 saturated carbocycles. The molecular formula is C10H18O. The second-order valence-electron chi connectivity index (χ2n) is 2.36. The number of ether oxygens (including phenoxy) is 1. The Bertz CT molecular complexity index is 134. The molecule has 0 heterocycles. The second kappa shape index (κ2) is 7.55. The van der Waals surface area contributed by atoms with E-state index in [4.69, 9.17) is 4.74 Å². The first-order chi connectivity index (χ1) is 5.35. The summed E-state index contributed by atoms with van der Waals surface area (Å²) in [5.41, 5.74) is 1.35. The third-order valence-electron chi connectivity index (χ3n) is 1.52. The van der Waals surface area contributed by atoms with Crippen LogP contribution in [-0.4, -0.2) is 13.2 Å². The molecule has 0 aliphatic carbocycles. The van der Waals surface area contributed by atoms with Crippen LogP contribution in [0.4, 0.5) is 0 Å². The molecule has 0 aliphatic heterocycles. The second-order valence-corrected chi connectivity index (χ2v) is 2.36. The van der Waals surface area contributed by atoms with Crippen LogP contribution in [0.2, 0.25) is 0 Å². The van der Waals surface area contributed by atoms with Crippen molar-refractivity contribution < 1.29 is 4.74 Å². The standard InChI is InChI=1S/C10H18O/c1-4-7-8-10(5-2)9-11-6-3/h4-5,7H,6,8-9H2,1-3H3/b7-4-,10-5+. The normalized spacial score (nSPS) is 12.8. The molecule has 11 heavy (non-hydrogen) atoms. The van der Waals surface area contributed by atoms with Gasteiger partial charge < -0.3 is 4.74 Å². The highest BCUT2D eigenvalue weighted by Crippen LogP contribution is 2.02. The highest BCUT2D eigenvalue weighted by atomic mass is 16.5. The molecule has 0 aromatic carbocycles. The summed E-state index contributed by atoms with van der Waals surface area (Å²) in [6.45, 7) is 7.68. The first-order valence-corrected chi connectivity index (χ1v) is 4.18. The van der Waals surface area contributed by atoms with Crippen LogP contribution in [0.25, 0.3) is 0 Å². The first kappa shape index (κ1) is 10.4. The van der Waals surface area contributed by atoms with E-state index in [1.807, 2.05) is 13.8 Å². The van der Waals surface area contributed by atoms with Crippen LogP contribution in [-0.2, 0) is 4.74 Å². The molecule has 0 amide bonds. The van der Waals surface area contributed by atoms with Crippen molar-refractivity contribution in [3.05, 3.63) is 23.8 Å². The van der Waals surface area contributed by atoms with Crippen molar-refractivity contribution in [3.63, 3.8) is 0 Å². The van der Waals surface area contributed by atoms with Gasteiger partial charge in [-0.05, 0) is 32.8 Å². The highest BCUT2D eigenvalue weighted by molar-refractivity contribution is 5.06. The van der Waals surface area contributed by atoms with Crippen LogP contribution in [0.3, 0.4) is 0 Å². The van der Waals surface area contributed by atoms with E-state index < -0.39 is 0 Å². The third-order valence-corrected chi connectivity index (χ3v) is 1.52. The van der Waals surface area contributed by atoms with Crippen molar-refractivity contribution in [2.75, 3.05) is 13.2 Å². The van der Waals surface area contributed by atoms with Gasteiger partial charge in [0.05, 0.1) is 6.61 Å². The van der Waals surface area contributed by atoms with Crippen LogP contribution >= 0.6 is 0 Å². The quantitative estimate of drug-likeness (QED) is 0.553. The molecular weight excluding hydrogens is 136 g/mol. The van der Waals surface area contributed by atoms with Gasteiger partial charge in [0.15, 0.2) is 0 Å². The van der Waals surface area contributed by atoms with Gasteiger partial charge in [0, 0.05) is 6.61 Å². The van der Waals surface area contributed by atoms with Gasteiger partial charge in [-0.2, -0.15) is 0 Å². The molecule has 0 rings (SSSR count). The number of allylic oxidation sites excluding steroid dienone is 3. The highest BCUT2D eigenvalue weighted by Gasteiger charge is 1.91. The predicted octanol–water partition coefficient (Wildman–Crippen LogP) is 2.94. The SMILES string of the molecule is C/C=C\C/C(=C\C)COCC. The Kier molecular flexibility index (Phi) is 7.16. The molecule has 0 radical (unpaired) electrons. The third kappa shape index (κ3) is 5.86. The van der Waals surface area contributed by atoms with E-state index >= 15 is 0 Å². The molecule has 0 spiro atoms. The lowest BCUT2D eigenvalue weighted by molar-refractivity contribution is 0.169. The molecule has 0 atom stereocenters. The zero-order valence-electron chi connectivity index (χ0n) is 7.76. The van der Waals surface area contributed by atoms with Crippen molar-refractivity contribution in [2.24, 2.45) is 0 Å². The van der Waals surface area contributed by atoms with Crippen molar-refractivity contribution in [3.8, 4) is 0 Å². The number of hydrogen-bond acceptors (Lipinski definition) is 1. The maximum Gasteiger partial charge on any atom is 0.0679 e. The number of hydrogen-bond donors (Lipinski definition) is 0. The van der Waals surface area contributed by atoms with Crippen molar-refractivity contribution in [1.29, 1.82) is 0 Å². The summed E-state index contributed by atoms with van der Waals surface area (Å²) in [7, 11) is 0. The van der Waals surface area contributed by atoms with E-state index in [2.05, 4.69) is 25.2 Å². The Balaban J connectivity index is 3.59. The van der Waals surface area contributed by atoms with Crippen LogP contribution in [0.5, 0.6) is 0 Å². The minimum Gasteiger partial charge on any atom is -0.377 e. The van der Waals surface area contributed by atoms with Gasteiger partial charge in [0.25, 0.3) is 0 Å². The summed E-state index contributed by atoms with van der Waals surface area (Å²) in [6.07, 6.45) is 7.35. The summed E-state index contributed by atoms with van der Waals surface area (Å²) in [4.78, 5) is 0. The Hall–Kier alpha value is -0.560. The maximum absolute atomic E-state index is 5.28. The van der Waals surface area contributed by atoms with Gasteiger partial charge in [-0.3, -0.25) is 0 Å². The average Bonchev–Trinajstić information content (AvgIpc) is 2.05. The van der Waals surface area contributed by atoms with E-state index in [-0.39, 0.29) is 0 Å². The van der Waals surface area contributed by atoms with Gasteiger partial charge in [-0.1, -0.05) is 18.2 Å². The van der Waals surface area contributed by atoms with E-state index in [0.717, 1.165) is 19.6 Å². The van der Waals surface area contributed by atoms with E-state index in [0.29, 0.717) is 0 Å². The van der Waals surface area contributed by atoms with Gasteiger partial charge in [-0.25, -0.2) is 0 Å². The Morgan fingerprint density at radius 3 is 2.55 bits per heavy atom. The molecule has 0 saturated heterocycles. The topological polar surface area (TPSA) is 9.23 Å². The summed E-state index contributed by atoms with van der Waals surface area (Å²) < 4.78 is 5.28. The molecule has 0 unspecified atom stereocenters. The first-order valence-electron chi connectivity index (χ1n) is 4.18. The van der Waals surface area contributed by atoms with Gasteiger partial charge >= 0.3 is 0 Å². The lowest BCUT2D eigenvalue weighted by Crippen LogP contribution is -1.96. The molecule has 0 aliphatic rings. The van der Waals surface area contributed by atoms with Gasteiger partial charge in [0.1, 0.15) is 0 Å². The zero-order valence-corrected chi connectivity index (χ0v) is 7.76. The fourth-order valence-electron chi connectivity index (χ4n) is 0.762. The van der Waals surface area contributed by atoms with E-state index in [9.17, 15) is 0 Å². The monoisotopic (exact) mass is 154 g/mol. The summed E-state index contributed by atoms with van der Waals surface area (Å²) in [5.74, 6) is 0. The molecule has 0 N–H and O–H groups in total. The Morgan fingerprint density at radius 1 is 1.36 bits per heavy atom. The molecule has 0 aromatic rings. The van der Waals surface area contributed by atoms with Crippen LogP contribution in [0.1, 0.15) is 27.2 Å². The Morgan fingerprint density at radius 2 is 2.09 bits per heavy atom. The summed E-state index contributed by atoms with van der Waals surface area (Å²) in [5, 5.41) is 0.